The van der Waals surface area contributed by atoms with Gasteiger partial charge in [0.2, 0.25) is 0 Å². The summed E-state index contributed by atoms with van der Waals surface area (Å²) in [5, 5.41) is 0. The Morgan fingerprint density at radius 1 is 0.938 bits per heavy atom. The second-order valence-corrected chi connectivity index (χ2v) is 4.38. The molecule has 88 valence electrons. The molecule has 0 aromatic heterocycles. The molecule has 1 aromatic carbocycles. The Kier molecular flexibility index (Phi) is 6.64. The highest BCUT2D eigenvalue weighted by Crippen LogP contribution is 2.10. The summed E-state index contributed by atoms with van der Waals surface area (Å²) in [6, 6.07) is 9.15. The zero-order valence-electron chi connectivity index (χ0n) is 10.7. The first-order valence-corrected chi connectivity index (χ1v) is 6.55. The molecule has 0 bridgehead atoms. The standard InChI is InChI=1S/C16H24/c1-3-5-7-9-15-11-13-16(14-12-15)10-8-6-4-2/h3,5,11-14H,4,6-10H2,1-2H3. The summed E-state index contributed by atoms with van der Waals surface area (Å²) in [6.07, 6.45) is 11.9. The van der Waals surface area contributed by atoms with Crippen molar-refractivity contribution in [2.45, 2.75) is 52.4 Å². The Labute approximate surface area is 100 Å². The van der Waals surface area contributed by atoms with Crippen molar-refractivity contribution in [3.8, 4) is 0 Å². The van der Waals surface area contributed by atoms with Crippen LogP contribution in [0.1, 0.15) is 50.7 Å². The van der Waals surface area contributed by atoms with Gasteiger partial charge in [-0.05, 0) is 43.7 Å². The molecule has 0 N–H and O–H groups in total. The monoisotopic (exact) mass is 216 g/mol. The Balaban J connectivity index is 2.35. The third-order valence-corrected chi connectivity index (χ3v) is 2.93. The maximum Gasteiger partial charge on any atom is -0.0244 e. The number of unbranched alkanes of at least 4 members (excludes halogenated alkanes) is 2. The first kappa shape index (κ1) is 13.0. The third kappa shape index (κ3) is 5.16. The molecule has 0 atom stereocenters. The molecule has 0 fully saturated rings. The summed E-state index contributed by atoms with van der Waals surface area (Å²) >= 11 is 0. The number of aryl methyl sites for hydroxylation is 2. The summed E-state index contributed by atoms with van der Waals surface area (Å²) in [6.45, 7) is 4.33. The molecule has 0 saturated heterocycles. The van der Waals surface area contributed by atoms with Crippen LogP contribution in [0, 0.1) is 0 Å². The number of benzene rings is 1. The zero-order valence-corrected chi connectivity index (χ0v) is 10.7. The van der Waals surface area contributed by atoms with Crippen molar-refractivity contribution >= 4 is 0 Å². The van der Waals surface area contributed by atoms with Crippen molar-refractivity contribution in [3.05, 3.63) is 47.5 Å². The Bertz CT molecular complexity index is 292. The first-order chi connectivity index (χ1) is 7.86. The van der Waals surface area contributed by atoms with Crippen molar-refractivity contribution in [2.24, 2.45) is 0 Å². The minimum absolute atomic E-state index is 1.16. The van der Waals surface area contributed by atoms with Gasteiger partial charge in [-0.2, -0.15) is 0 Å². The number of hydrogen-bond acceptors (Lipinski definition) is 0. The summed E-state index contributed by atoms with van der Waals surface area (Å²) < 4.78 is 0. The molecule has 0 radical (unpaired) electrons. The largest absolute Gasteiger partial charge is 0.0917 e. The van der Waals surface area contributed by atoms with E-state index >= 15 is 0 Å². The molecule has 0 heteroatoms. The van der Waals surface area contributed by atoms with Gasteiger partial charge in [0.25, 0.3) is 0 Å². The second-order valence-electron chi connectivity index (χ2n) is 4.38. The van der Waals surface area contributed by atoms with Crippen LogP contribution in [0.5, 0.6) is 0 Å². The van der Waals surface area contributed by atoms with Gasteiger partial charge < -0.3 is 0 Å². The quantitative estimate of drug-likeness (QED) is 0.448. The van der Waals surface area contributed by atoms with E-state index in [9.17, 15) is 0 Å². The highest BCUT2D eigenvalue weighted by Gasteiger charge is 1.94. The fraction of sp³-hybridized carbons (Fsp3) is 0.500. The third-order valence-electron chi connectivity index (χ3n) is 2.93. The number of hydrogen-bond donors (Lipinski definition) is 0. The van der Waals surface area contributed by atoms with Gasteiger partial charge in [0.05, 0.1) is 0 Å². The lowest BCUT2D eigenvalue weighted by Crippen LogP contribution is -1.88. The van der Waals surface area contributed by atoms with Crippen LogP contribution < -0.4 is 0 Å². The Morgan fingerprint density at radius 3 is 2.12 bits per heavy atom. The van der Waals surface area contributed by atoms with Crippen molar-refractivity contribution in [1.29, 1.82) is 0 Å². The molecule has 0 saturated carbocycles. The van der Waals surface area contributed by atoms with Gasteiger partial charge in [-0.25, -0.2) is 0 Å². The normalized spacial score (nSPS) is 11.1. The lowest BCUT2D eigenvalue weighted by molar-refractivity contribution is 0.717. The van der Waals surface area contributed by atoms with E-state index in [1.807, 2.05) is 0 Å². The fourth-order valence-electron chi connectivity index (χ4n) is 1.87. The fourth-order valence-corrected chi connectivity index (χ4v) is 1.87. The minimum atomic E-state index is 1.16. The van der Waals surface area contributed by atoms with E-state index in [1.165, 1.54) is 43.2 Å². The van der Waals surface area contributed by atoms with E-state index in [4.69, 9.17) is 0 Å². The second kappa shape index (κ2) is 8.15. The number of allylic oxidation sites excluding steroid dienone is 2. The van der Waals surface area contributed by atoms with Gasteiger partial charge in [0.1, 0.15) is 0 Å². The summed E-state index contributed by atoms with van der Waals surface area (Å²) in [4.78, 5) is 0. The maximum absolute atomic E-state index is 2.29. The van der Waals surface area contributed by atoms with Crippen LogP contribution in [0.4, 0.5) is 0 Å². The van der Waals surface area contributed by atoms with Crippen LogP contribution in [0.2, 0.25) is 0 Å². The van der Waals surface area contributed by atoms with Crippen molar-refractivity contribution in [2.75, 3.05) is 0 Å². The Hall–Kier alpha value is -1.04. The highest BCUT2D eigenvalue weighted by molar-refractivity contribution is 5.23. The average Bonchev–Trinajstić information content (AvgIpc) is 2.32. The minimum Gasteiger partial charge on any atom is -0.0917 e. The van der Waals surface area contributed by atoms with E-state index in [0.717, 1.165) is 6.42 Å². The molecule has 16 heavy (non-hydrogen) atoms. The van der Waals surface area contributed by atoms with Gasteiger partial charge in [0.15, 0.2) is 0 Å². The van der Waals surface area contributed by atoms with Crippen molar-refractivity contribution in [1.82, 2.24) is 0 Å². The molecule has 0 spiro atoms. The highest BCUT2D eigenvalue weighted by atomic mass is 14.0. The topological polar surface area (TPSA) is 0 Å². The predicted molar refractivity (Wildman–Crippen MR) is 72.8 cm³/mol. The molecule has 1 aromatic rings. The summed E-state index contributed by atoms with van der Waals surface area (Å²) in [5.74, 6) is 0. The van der Waals surface area contributed by atoms with E-state index in [2.05, 4.69) is 50.3 Å². The molecule has 1 rings (SSSR count). The zero-order chi connectivity index (χ0) is 11.6. The van der Waals surface area contributed by atoms with Crippen LogP contribution in [-0.2, 0) is 12.8 Å². The van der Waals surface area contributed by atoms with Gasteiger partial charge in [-0.3, -0.25) is 0 Å². The molecule has 0 amide bonds. The first-order valence-electron chi connectivity index (χ1n) is 6.55. The lowest BCUT2D eigenvalue weighted by Gasteiger charge is -2.03. The van der Waals surface area contributed by atoms with Crippen molar-refractivity contribution in [3.63, 3.8) is 0 Å². The molecule has 0 aliphatic rings. The maximum atomic E-state index is 2.29. The smallest absolute Gasteiger partial charge is 0.0244 e. The molecule has 0 aliphatic carbocycles. The average molecular weight is 216 g/mol. The van der Waals surface area contributed by atoms with Gasteiger partial charge in [-0.1, -0.05) is 56.2 Å². The van der Waals surface area contributed by atoms with Crippen molar-refractivity contribution < 1.29 is 0 Å². The van der Waals surface area contributed by atoms with E-state index < -0.39 is 0 Å². The summed E-state index contributed by atoms with van der Waals surface area (Å²) in [7, 11) is 0. The van der Waals surface area contributed by atoms with Gasteiger partial charge >= 0.3 is 0 Å². The molecule has 0 aliphatic heterocycles. The van der Waals surface area contributed by atoms with Gasteiger partial charge in [-0.15, -0.1) is 0 Å². The van der Waals surface area contributed by atoms with Crippen LogP contribution in [0.25, 0.3) is 0 Å². The van der Waals surface area contributed by atoms with Crippen LogP contribution in [0.15, 0.2) is 36.4 Å². The van der Waals surface area contributed by atoms with E-state index in [-0.39, 0.29) is 0 Å². The van der Waals surface area contributed by atoms with Crippen LogP contribution in [-0.4, -0.2) is 0 Å². The van der Waals surface area contributed by atoms with E-state index in [0.29, 0.717) is 0 Å². The van der Waals surface area contributed by atoms with Crippen LogP contribution in [0.3, 0.4) is 0 Å². The number of rotatable bonds is 7. The molecular formula is C16H24. The van der Waals surface area contributed by atoms with Crippen LogP contribution >= 0.6 is 0 Å². The molecule has 0 unspecified atom stereocenters. The lowest BCUT2D eigenvalue weighted by atomic mass is 10.0. The molecule has 0 nitrogen and oxygen atoms in total. The molecular weight excluding hydrogens is 192 g/mol. The summed E-state index contributed by atoms with van der Waals surface area (Å²) in [5.41, 5.74) is 2.94. The Morgan fingerprint density at radius 2 is 1.56 bits per heavy atom. The van der Waals surface area contributed by atoms with E-state index in [1.54, 1.807) is 0 Å². The molecule has 0 heterocycles. The SMILES string of the molecule is CC=CCCc1ccc(CCCCC)cc1. The van der Waals surface area contributed by atoms with Gasteiger partial charge in [0, 0.05) is 0 Å². The predicted octanol–water partition coefficient (Wildman–Crippen LogP) is 4.93.